The lowest BCUT2D eigenvalue weighted by Gasteiger charge is -2.02. The number of halogens is 1. The van der Waals surface area contributed by atoms with Crippen molar-refractivity contribution >= 4 is 32.5 Å². The van der Waals surface area contributed by atoms with Crippen molar-refractivity contribution in [3.8, 4) is 0 Å². The monoisotopic (exact) mass is 318 g/mol. The van der Waals surface area contributed by atoms with Crippen molar-refractivity contribution in [2.45, 2.75) is 6.42 Å². The van der Waals surface area contributed by atoms with Crippen LogP contribution in [0.25, 0.3) is 0 Å². The first-order valence-electron chi connectivity index (χ1n) is 5.26. The molecule has 0 aliphatic carbocycles. The van der Waals surface area contributed by atoms with Crippen LogP contribution in [-0.4, -0.2) is 35.2 Å². The molecule has 94 valence electrons. The second kappa shape index (κ2) is 7.74. The summed E-state index contributed by atoms with van der Waals surface area (Å²) in [6, 6.07) is 7.08. The lowest BCUT2D eigenvalue weighted by molar-refractivity contribution is 0.102. The van der Waals surface area contributed by atoms with Gasteiger partial charge in [-0.25, -0.2) is 0 Å². The van der Waals surface area contributed by atoms with Gasteiger partial charge >= 0.3 is 0 Å². The van der Waals surface area contributed by atoms with Crippen LogP contribution in [0.2, 0.25) is 0 Å². The van der Waals surface area contributed by atoms with Crippen molar-refractivity contribution in [2.24, 2.45) is 0 Å². The first-order valence-corrected chi connectivity index (χ1v) is 7.54. The Morgan fingerprint density at radius 3 is 2.59 bits per heavy atom. The van der Waals surface area contributed by atoms with Gasteiger partial charge in [-0.05, 0) is 18.6 Å². The van der Waals surface area contributed by atoms with Crippen molar-refractivity contribution in [2.75, 3.05) is 25.2 Å². The Bertz CT molecular complexity index is 389. The van der Waals surface area contributed by atoms with Gasteiger partial charge in [0.1, 0.15) is 0 Å². The number of methoxy groups -OCH3 is 1. The van der Waals surface area contributed by atoms with E-state index in [0.29, 0.717) is 17.9 Å². The first-order chi connectivity index (χ1) is 8.13. The zero-order chi connectivity index (χ0) is 12.7. The van der Waals surface area contributed by atoms with Gasteiger partial charge in [0, 0.05) is 40.3 Å². The topological polar surface area (TPSA) is 43.4 Å². The second-order valence-electron chi connectivity index (χ2n) is 3.56. The van der Waals surface area contributed by atoms with Gasteiger partial charge in [-0.1, -0.05) is 28.1 Å². The van der Waals surface area contributed by atoms with E-state index in [4.69, 9.17) is 4.74 Å². The summed E-state index contributed by atoms with van der Waals surface area (Å²) < 4.78 is 17.4. The molecule has 1 aromatic carbocycles. The average molecular weight is 319 g/mol. The van der Waals surface area contributed by atoms with Crippen molar-refractivity contribution in [3.05, 3.63) is 34.3 Å². The Morgan fingerprint density at radius 2 is 2.00 bits per heavy atom. The van der Waals surface area contributed by atoms with Gasteiger partial charge in [-0.15, -0.1) is 0 Å². The Morgan fingerprint density at radius 1 is 1.35 bits per heavy atom. The third-order valence-electron chi connectivity index (χ3n) is 2.18. The number of rotatable bonds is 7. The van der Waals surface area contributed by atoms with Crippen LogP contribution in [0.1, 0.15) is 16.8 Å². The number of hydrogen-bond acceptors (Lipinski definition) is 3. The van der Waals surface area contributed by atoms with E-state index < -0.39 is 10.8 Å². The van der Waals surface area contributed by atoms with Crippen LogP contribution >= 0.6 is 15.9 Å². The van der Waals surface area contributed by atoms with E-state index in [2.05, 4.69) is 15.9 Å². The molecule has 0 heterocycles. The second-order valence-corrected chi connectivity index (χ2v) is 6.06. The summed E-state index contributed by atoms with van der Waals surface area (Å²) in [6.07, 6.45) is 0.719. The Labute approximate surface area is 112 Å². The molecule has 3 nitrogen and oxygen atoms in total. The summed E-state index contributed by atoms with van der Waals surface area (Å²) in [5, 5.41) is 0. The fourth-order valence-electron chi connectivity index (χ4n) is 1.30. The van der Waals surface area contributed by atoms with Gasteiger partial charge in [-0.2, -0.15) is 0 Å². The highest BCUT2D eigenvalue weighted by Gasteiger charge is 2.10. The molecule has 0 saturated carbocycles. The van der Waals surface area contributed by atoms with Gasteiger partial charge < -0.3 is 4.74 Å². The average Bonchev–Trinajstić information content (AvgIpc) is 2.30. The molecule has 1 rings (SSSR count). The van der Waals surface area contributed by atoms with Gasteiger partial charge in [-0.3, -0.25) is 9.00 Å². The van der Waals surface area contributed by atoms with E-state index in [-0.39, 0.29) is 11.5 Å². The maximum atomic E-state index is 11.8. The van der Waals surface area contributed by atoms with Crippen LogP contribution in [0.4, 0.5) is 0 Å². The van der Waals surface area contributed by atoms with E-state index >= 15 is 0 Å². The summed E-state index contributed by atoms with van der Waals surface area (Å²) in [6.45, 7) is 0.582. The largest absolute Gasteiger partial charge is 0.385 e. The number of carbonyl (C=O) groups excluding carboxylic acids is 1. The normalized spacial score (nSPS) is 12.4. The minimum atomic E-state index is -1.10. The van der Waals surface area contributed by atoms with Gasteiger partial charge in [0.15, 0.2) is 5.78 Å². The van der Waals surface area contributed by atoms with Crippen LogP contribution in [0.15, 0.2) is 28.7 Å². The molecular weight excluding hydrogens is 304 g/mol. The predicted octanol–water partition coefficient (Wildman–Crippen LogP) is 2.42. The van der Waals surface area contributed by atoms with E-state index in [9.17, 15) is 9.00 Å². The molecule has 1 atom stereocenters. The lowest BCUT2D eigenvalue weighted by Crippen LogP contribution is -2.14. The highest BCUT2D eigenvalue weighted by molar-refractivity contribution is 9.10. The zero-order valence-electron chi connectivity index (χ0n) is 9.65. The molecule has 0 aromatic heterocycles. The minimum absolute atomic E-state index is 0.0757. The summed E-state index contributed by atoms with van der Waals surface area (Å²) in [5.41, 5.74) is 0.605. The van der Waals surface area contributed by atoms with Crippen molar-refractivity contribution in [1.82, 2.24) is 0 Å². The highest BCUT2D eigenvalue weighted by Crippen LogP contribution is 2.11. The molecule has 1 unspecified atom stereocenters. The Hall–Kier alpha value is -0.520. The van der Waals surface area contributed by atoms with Crippen LogP contribution in [-0.2, 0) is 15.5 Å². The van der Waals surface area contributed by atoms with Gasteiger partial charge in [0.2, 0.25) is 0 Å². The first kappa shape index (κ1) is 14.5. The smallest absolute Gasteiger partial charge is 0.175 e. The van der Waals surface area contributed by atoms with E-state index in [1.165, 1.54) is 0 Å². The SMILES string of the molecule is COCCCS(=O)CC(=O)c1ccc(Br)cc1. The third-order valence-corrected chi connectivity index (χ3v) is 4.04. The lowest BCUT2D eigenvalue weighted by atomic mass is 10.2. The summed E-state index contributed by atoms with van der Waals surface area (Å²) in [5.74, 6) is 0.523. The van der Waals surface area contributed by atoms with E-state index in [1.807, 2.05) is 0 Å². The predicted molar refractivity (Wildman–Crippen MR) is 72.8 cm³/mol. The number of hydrogen-bond donors (Lipinski definition) is 0. The Kier molecular flexibility index (Phi) is 6.62. The number of carbonyl (C=O) groups is 1. The number of ketones is 1. The molecule has 5 heteroatoms. The molecule has 0 spiro atoms. The fraction of sp³-hybridized carbons (Fsp3) is 0.417. The van der Waals surface area contributed by atoms with Gasteiger partial charge in [0.05, 0.1) is 5.75 Å². The van der Waals surface area contributed by atoms with Crippen LogP contribution in [0.3, 0.4) is 0 Å². The number of benzene rings is 1. The van der Waals surface area contributed by atoms with Crippen molar-refractivity contribution in [3.63, 3.8) is 0 Å². The summed E-state index contributed by atoms with van der Waals surface area (Å²) in [4.78, 5) is 11.8. The van der Waals surface area contributed by atoms with Crippen molar-refractivity contribution < 1.29 is 13.7 Å². The number of Topliss-reactive ketones (excluding diaryl/α,β-unsaturated/α-hetero) is 1. The zero-order valence-corrected chi connectivity index (χ0v) is 12.1. The Balaban J connectivity index is 2.43. The van der Waals surface area contributed by atoms with Crippen LogP contribution in [0.5, 0.6) is 0 Å². The molecular formula is C12H15BrO3S. The fourth-order valence-corrected chi connectivity index (χ4v) is 2.61. The molecule has 17 heavy (non-hydrogen) atoms. The molecule has 0 N–H and O–H groups in total. The minimum Gasteiger partial charge on any atom is -0.385 e. The maximum absolute atomic E-state index is 11.8. The molecule has 0 amide bonds. The molecule has 0 aliphatic heterocycles. The molecule has 0 bridgehead atoms. The summed E-state index contributed by atoms with van der Waals surface area (Å²) in [7, 11) is 0.508. The number of ether oxygens (including phenoxy) is 1. The highest BCUT2D eigenvalue weighted by atomic mass is 79.9. The molecule has 0 aliphatic rings. The van der Waals surface area contributed by atoms with E-state index in [0.717, 1.165) is 10.9 Å². The standard InChI is InChI=1S/C12H15BrO3S/c1-16-7-2-8-17(15)9-12(14)10-3-5-11(13)6-4-10/h3-6H,2,7-9H2,1H3. The van der Waals surface area contributed by atoms with Crippen molar-refractivity contribution in [1.29, 1.82) is 0 Å². The molecule has 0 fully saturated rings. The summed E-state index contributed by atoms with van der Waals surface area (Å²) >= 11 is 3.30. The molecule has 1 aromatic rings. The van der Waals surface area contributed by atoms with Crippen LogP contribution in [0, 0.1) is 0 Å². The molecule has 0 saturated heterocycles. The van der Waals surface area contributed by atoms with Gasteiger partial charge in [0.25, 0.3) is 0 Å². The third kappa shape index (κ3) is 5.57. The van der Waals surface area contributed by atoms with Crippen LogP contribution < -0.4 is 0 Å². The quantitative estimate of drug-likeness (QED) is 0.573. The maximum Gasteiger partial charge on any atom is 0.175 e. The van der Waals surface area contributed by atoms with E-state index in [1.54, 1.807) is 31.4 Å². The molecule has 0 radical (unpaired) electrons.